The van der Waals surface area contributed by atoms with Crippen LogP contribution >= 0.6 is 11.3 Å². The Morgan fingerprint density at radius 2 is 1.15 bits per heavy atom. The zero-order valence-corrected chi connectivity index (χ0v) is 29.0. The third-order valence-corrected chi connectivity index (χ3v) is 11.8. The van der Waals surface area contributed by atoms with E-state index in [4.69, 9.17) is 15.0 Å². The lowest BCUT2D eigenvalue weighted by Gasteiger charge is -2.12. The second kappa shape index (κ2) is 10.8. The molecule has 0 aliphatic heterocycles. The van der Waals surface area contributed by atoms with Crippen molar-refractivity contribution in [2.45, 2.75) is 0 Å². The number of nitrogens with zero attached hydrogens (tertiary/aromatic N) is 5. The summed E-state index contributed by atoms with van der Waals surface area (Å²) in [7, 11) is 0. The van der Waals surface area contributed by atoms with Crippen LogP contribution < -0.4 is 0 Å². The highest BCUT2D eigenvalue weighted by atomic mass is 32.1. The van der Waals surface area contributed by atoms with Gasteiger partial charge in [0, 0.05) is 53.8 Å². The fourth-order valence-electron chi connectivity index (χ4n) is 8.43. The van der Waals surface area contributed by atoms with Gasteiger partial charge in [0.2, 0.25) is 0 Å². The van der Waals surface area contributed by atoms with Gasteiger partial charge in [-0.1, -0.05) is 115 Å². The molecular weight excluding hydrogens is 667 g/mol. The monoisotopic (exact) mass is 693 g/mol. The van der Waals surface area contributed by atoms with Gasteiger partial charge in [0.25, 0.3) is 0 Å². The molecule has 246 valence electrons. The highest BCUT2D eigenvalue weighted by Gasteiger charge is 2.23. The van der Waals surface area contributed by atoms with Crippen LogP contribution in [0.1, 0.15) is 0 Å². The quantitative estimate of drug-likeness (QED) is 0.185. The largest absolute Gasteiger partial charge is 0.309 e. The molecule has 5 nitrogen and oxygen atoms in total. The first-order valence-corrected chi connectivity index (χ1v) is 18.6. The first-order valence-electron chi connectivity index (χ1n) is 17.8. The summed E-state index contributed by atoms with van der Waals surface area (Å²) >= 11 is 1.84. The number of hydrogen-bond donors (Lipinski definition) is 0. The average Bonchev–Trinajstić information content (AvgIpc) is 3.91. The molecule has 0 atom stereocenters. The fourth-order valence-corrected chi connectivity index (χ4v) is 9.67. The summed E-state index contributed by atoms with van der Waals surface area (Å²) in [4.78, 5) is 16.9. The van der Waals surface area contributed by atoms with Crippen LogP contribution in [0.3, 0.4) is 0 Å². The Hall–Kier alpha value is -6.89. The van der Waals surface area contributed by atoms with E-state index >= 15 is 0 Å². The van der Waals surface area contributed by atoms with Gasteiger partial charge in [0.05, 0.1) is 33.3 Å². The summed E-state index contributed by atoms with van der Waals surface area (Å²) in [5, 5.41) is 8.39. The lowest BCUT2D eigenvalue weighted by atomic mass is 10.0. The van der Waals surface area contributed by atoms with Gasteiger partial charge in [0.15, 0.2) is 5.82 Å². The number of thiophene rings is 1. The van der Waals surface area contributed by atoms with Crippen LogP contribution in [-0.2, 0) is 0 Å². The topological polar surface area (TPSA) is 48.0 Å². The van der Waals surface area contributed by atoms with Crippen molar-refractivity contribution in [1.82, 2.24) is 23.9 Å². The van der Waals surface area contributed by atoms with E-state index in [0.717, 1.165) is 61.1 Å². The second-order valence-electron chi connectivity index (χ2n) is 13.6. The molecule has 0 aliphatic rings. The van der Waals surface area contributed by atoms with Crippen molar-refractivity contribution in [3.63, 3.8) is 0 Å². The minimum Gasteiger partial charge on any atom is -0.309 e. The van der Waals surface area contributed by atoms with Gasteiger partial charge in [-0.25, -0.2) is 15.0 Å². The summed E-state index contributed by atoms with van der Waals surface area (Å²) in [6.07, 6.45) is 0. The molecule has 0 bridgehead atoms. The van der Waals surface area contributed by atoms with E-state index in [0.29, 0.717) is 5.82 Å². The predicted octanol–water partition coefficient (Wildman–Crippen LogP) is 12.4. The van der Waals surface area contributed by atoms with Crippen molar-refractivity contribution >= 4 is 91.8 Å². The van der Waals surface area contributed by atoms with Crippen LogP contribution in [0.2, 0.25) is 0 Å². The third-order valence-electron chi connectivity index (χ3n) is 10.7. The number of pyridine rings is 1. The Morgan fingerprint density at radius 3 is 2.04 bits per heavy atom. The molecule has 5 aromatic heterocycles. The van der Waals surface area contributed by atoms with E-state index in [1.807, 2.05) is 23.5 Å². The Kier molecular flexibility index (Phi) is 5.87. The Balaban J connectivity index is 1.17. The van der Waals surface area contributed by atoms with Crippen LogP contribution in [0.5, 0.6) is 0 Å². The molecule has 0 amide bonds. The highest BCUT2D eigenvalue weighted by molar-refractivity contribution is 7.25. The van der Waals surface area contributed by atoms with Crippen LogP contribution in [0.15, 0.2) is 164 Å². The fraction of sp³-hybridized carbons (Fsp3) is 0. The Labute approximate surface area is 306 Å². The summed E-state index contributed by atoms with van der Waals surface area (Å²) in [6, 6.07) is 58.0. The van der Waals surface area contributed by atoms with E-state index in [1.165, 1.54) is 41.8 Å². The number of rotatable bonds is 3. The standard InChI is InChI=1S/C47H27N5S/c1-2-13-28(14-3-1)44-31-17-4-7-20-35(31)48-45(50-44)29-15-12-16-30(27-29)51-37-22-9-5-18-32(37)42-39(51)26-25-34-41-33-19-6-11-24-40(33)53-47(41)52-38-23-10-8-21-36(38)49-46(52)43(34)42/h1-27H. The van der Waals surface area contributed by atoms with Crippen molar-refractivity contribution in [3.05, 3.63) is 164 Å². The van der Waals surface area contributed by atoms with Crippen LogP contribution in [0, 0.1) is 0 Å². The van der Waals surface area contributed by atoms with Crippen molar-refractivity contribution in [3.8, 4) is 28.3 Å². The zero-order chi connectivity index (χ0) is 34.6. The van der Waals surface area contributed by atoms with Gasteiger partial charge in [-0.2, -0.15) is 0 Å². The molecule has 0 saturated carbocycles. The normalized spacial score (nSPS) is 12.2. The molecule has 0 fully saturated rings. The zero-order valence-electron chi connectivity index (χ0n) is 28.2. The molecule has 53 heavy (non-hydrogen) atoms. The summed E-state index contributed by atoms with van der Waals surface area (Å²) in [5.74, 6) is 0.702. The molecule has 0 unspecified atom stereocenters. The molecule has 12 aromatic rings. The van der Waals surface area contributed by atoms with Gasteiger partial charge in [-0.3, -0.25) is 4.40 Å². The summed E-state index contributed by atoms with van der Waals surface area (Å²) < 4.78 is 6.06. The Morgan fingerprint density at radius 1 is 0.434 bits per heavy atom. The SMILES string of the molecule is c1ccc(-c2nc(-c3cccc(-n4c5ccccc5c5c6c(ccc54)c4c5ccccc5sc4n4c5ccccc5nc64)c3)nc3ccccc23)cc1. The first kappa shape index (κ1) is 28.8. The van der Waals surface area contributed by atoms with Crippen molar-refractivity contribution in [2.24, 2.45) is 0 Å². The molecule has 6 heteroatoms. The molecule has 12 rings (SSSR count). The number of benzene rings is 7. The van der Waals surface area contributed by atoms with Crippen LogP contribution in [-0.4, -0.2) is 23.9 Å². The number of hydrogen-bond acceptors (Lipinski definition) is 4. The number of fused-ring (bicyclic) bond motifs is 15. The van der Waals surface area contributed by atoms with E-state index in [1.54, 1.807) is 0 Å². The maximum atomic E-state index is 5.36. The minimum atomic E-state index is 0.702. The van der Waals surface area contributed by atoms with Gasteiger partial charge < -0.3 is 4.57 Å². The van der Waals surface area contributed by atoms with Crippen molar-refractivity contribution in [2.75, 3.05) is 0 Å². The van der Waals surface area contributed by atoms with Gasteiger partial charge in [0.1, 0.15) is 10.5 Å². The van der Waals surface area contributed by atoms with Crippen molar-refractivity contribution < 1.29 is 0 Å². The molecule has 0 radical (unpaired) electrons. The minimum absolute atomic E-state index is 0.702. The van der Waals surface area contributed by atoms with E-state index in [9.17, 15) is 0 Å². The maximum absolute atomic E-state index is 5.36. The lowest BCUT2D eigenvalue weighted by Crippen LogP contribution is -1.98. The number of imidazole rings is 1. The van der Waals surface area contributed by atoms with E-state index in [2.05, 4.69) is 161 Å². The maximum Gasteiger partial charge on any atom is 0.160 e. The molecule has 0 N–H and O–H groups in total. The van der Waals surface area contributed by atoms with E-state index < -0.39 is 0 Å². The predicted molar refractivity (Wildman–Crippen MR) is 221 cm³/mol. The van der Waals surface area contributed by atoms with E-state index in [-0.39, 0.29) is 0 Å². The first-order chi connectivity index (χ1) is 26.3. The smallest absolute Gasteiger partial charge is 0.160 e. The van der Waals surface area contributed by atoms with Crippen LogP contribution in [0.25, 0.3) is 109 Å². The molecule has 0 saturated heterocycles. The summed E-state index contributed by atoms with van der Waals surface area (Å²) in [6.45, 7) is 0. The average molecular weight is 694 g/mol. The van der Waals surface area contributed by atoms with Gasteiger partial charge in [-0.15, -0.1) is 11.3 Å². The van der Waals surface area contributed by atoms with Gasteiger partial charge >= 0.3 is 0 Å². The molecule has 0 spiro atoms. The number of aromatic nitrogens is 5. The molecule has 7 aromatic carbocycles. The molecule has 5 heterocycles. The van der Waals surface area contributed by atoms with Gasteiger partial charge in [-0.05, 0) is 53.9 Å². The molecule has 0 aliphatic carbocycles. The second-order valence-corrected chi connectivity index (χ2v) is 14.6. The Bertz CT molecular complexity index is 3460. The highest BCUT2D eigenvalue weighted by Crippen LogP contribution is 2.46. The number of para-hydroxylation sites is 4. The van der Waals surface area contributed by atoms with Crippen LogP contribution in [0.4, 0.5) is 0 Å². The molecular formula is C47H27N5S. The lowest BCUT2D eigenvalue weighted by molar-refractivity contribution is 1.17. The third kappa shape index (κ3) is 4.04. The van der Waals surface area contributed by atoms with Crippen molar-refractivity contribution in [1.29, 1.82) is 0 Å². The summed E-state index contributed by atoms with van der Waals surface area (Å²) in [5.41, 5.74) is 10.3.